The summed E-state index contributed by atoms with van der Waals surface area (Å²) in [4.78, 5) is 16.8. The van der Waals surface area contributed by atoms with Gasteiger partial charge < -0.3 is 15.4 Å². The van der Waals surface area contributed by atoms with Gasteiger partial charge in [0, 0.05) is 51.4 Å². The molecule has 1 heterocycles. The highest BCUT2D eigenvalue weighted by molar-refractivity contribution is 5.94. The van der Waals surface area contributed by atoms with Crippen LogP contribution in [0, 0.1) is 0 Å². The van der Waals surface area contributed by atoms with Crippen LogP contribution in [-0.4, -0.2) is 61.6 Å². The first-order valence-corrected chi connectivity index (χ1v) is 7.47. The van der Waals surface area contributed by atoms with Gasteiger partial charge in [0.1, 0.15) is 0 Å². The molecule has 2 rings (SSSR count). The molecule has 0 aliphatic carbocycles. The third-order valence-electron chi connectivity index (χ3n) is 4.07. The van der Waals surface area contributed by atoms with Crippen LogP contribution in [0.5, 0.6) is 0 Å². The van der Waals surface area contributed by atoms with Crippen LogP contribution in [0.1, 0.15) is 22.8 Å². The third-order valence-corrected chi connectivity index (χ3v) is 4.07. The number of halogens is 1. The molecule has 1 aromatic rings. The summed E-state index contributed by atoms with van der Waals surface area (Å²) < 4.78 is 5.13. The number of piperazine rings is 1. The monoisotopic (exact) mass is 327 g/mol. The molecule has 6 heteroatoms. The quantitative estimate of drug-likeness (QED) is 0.887. The third kappa shape index (κ3) is 4.68. The van der Waals surface area contributed by atoms with Crippen molar-refractivity contribution in [2.24, 2.45) is 5.73 Å². The summed E-state index contributed by atoms with van der Waals surface area (Å²) >= 11 is 0. The van der Waals surface area contributed by atoms with E-state index < -0.39 is 0 Å². The van der Waals surface area contributed by atoms with Gasteiger partial charge >= 0.3 is 0 Å². The normalized spacial score (nSPS) is 18.9. The molecule has 0 saturated carbocycles. The molecule has 124 valence electrons. The van der Waals surface area contributed by atoms with Crippen molar-refractivity contribution in [3.05, 3.63) is 35.4 Å². The summed E-state index contributed by atoms with van der Waals surface area (Å²) in [5.74, 6) is 0.108. The highest BCUT2D eigenvalue weighted by atomic mass is 35.5. The molecule has 0 radical (unpaired) electrons. The van der Waals surface area contributed by atoms with Crippen molar-refractivity contribution in [2.45, 2.75) is 19.5 Å². The zero-order valence-electron chi connectivity index (χ0n) is 13.3. The van der Waals surface area contributed by atoms with Crippen molar-refractivity contribution in [2.75, 3.05) is 39.9 Å². The van der Waals surface area contributed by atoms with Crippen molar-refractivity contribution in [1.29, 1.82) is 0 Å². The van der Waals surface area contributed by atoms with E-state index in [1.807, 2.05) is 29.2 Å². The van der Waals surface area contributed by atoms with Gasteiger partial charge in [0.15, 0.2) is 0 Å². The first kappa shape index (κ1) is 18.9. The fourth-order valence-electron chi connectivity index (χ4n) is 2.69. The molecule has 1 amide bonds. The smallest absolute Gasteiger partial charge is 0.253 e. The minimum atomic E-state index is 0. The van der Waals surface area contributed by atoms with Crippen molar-refractivity contribution < 1.29 is 9.53 Å². The van der Waals surface area contributed by atoms with Crippen LogP contribution in [0.15, 0.2) is 24.3 Å². The molecule has 1 saturated heterocycles. The number of benzene rings is 1. The Kier molecular flexibility index (Phi) is 7.82. The van der Waals surface area contributed by atoms with E-state index in [0.29, 0.717) is 12.6 Å². The molecule has 1 fully saturated rings. The Labute approximate surface area is 138 Å². The van der Waals surface area contributed by atoms with Crippen LogP contribution >= 0.6 is 12.4 Å². The molecule has 1 aromatic carbocycles. The Bertz CT molecular complexity index is 467. The fourth-order valence-corrected chi connectivity index (χ4v) is 2.69. The van der Waals surface area contributed by atoms with Crippen molar-refractivity contribution in [3.8, 4) is 0 Å². The number of amides is 1. The average Bonchev–Trinajstić information content (AvgIpc) is 2.53. The largest absolute Gasteiger partial charge is 0.383 e. The molecule has 5 nitrogen and oxygen atoms in total. The SMILES string of the molecule is COCCN1CCN(C(=O)c2ccc(CN)cc2)CC1C.Cl. The second-order valence-corrected chi connectivity index (χ2v) is 5.53. The molecule has 0 aromatic heterocycles. The lowest BCUT2D eigenvalue weighted by Gasteiger charge is -2.39. The molecular formula is C16H26ClN3O2. The summed E-state index contributed by atoms with van der Waals surface area (Å²) in [7, 11) is 1.72. The van der Waals surface area contributed by atoms with Crippen LogP contribution < -0.4 is 5.73 Å². The van der Waals surface area contributed by atoms with E-state index in [0.717, 1.165) is 43.9 Å². The van der Waals surface area contributed by atoms with Crippen molar-refractivity contribution in [3.63, 3.8) is 0 Å². The number of ether oxygens (including phenoxy) is 1. The Morgan fingerprint density at radius 3 is 2.55 bits per heavy atom. The van der Waals surface area contributed by atoms with E-state index in [1.165, 1.54) is 0 Å². The number of rotatable bonds is 5. The molecule has 1 aliphatic rings. The second kappa shape index (κ2) is 9.10. The predicted octanol–water partition coefficient (Wildman–Crippen LogP) is 1.36. The van der Waals surface area contributed by atoms with Crippen molar-refractivity contribution >= 4 is 18.3 Å². The Hall–Kier alpha value is -1.14. The standard InChI is InChI=1S/C16H25N3O2.ClH/c1-13-12-19(8-7-18(13)9-10-21-2)16(20)15-5-3-14(11-17)4-6-15;/h3-6,13H,7-12,17H2,1-2H3;1H. The van der Waals surface area contributed by atoms with E-state index >= 15 is 0 Å². The van der Waals surface area contributed by atoms with Gasteiger partial charge in [-0.15, -0.1) is 12.4 Å². The molecule has 1 aliphatic heterocycles. The van der Waals surface area contributed by atoms with Gasteiger partial charge in [-0.2, -0.15) is 0 Å². The number of hydrogen-bond donors (Lipinski definition) is 1. The summed E-state index contributed by atoms with van der Waals surface area (Å²) in [5.41, 5.74) is 7.37. The van der Waals surface area contributed by atoms with Gasteiger partial charge in [0.2, 0.25) is 0 Å². The zero-order valence-corrected chi connectivity index (χ0v) is 14.1. The highest BCUT2D eigenvalue weighted by Crippen LogP contribution is 2.13. The summed E-state index contributed by atoms with van der Waals surface area (Å²) in [5, 5.41) is 0. The number of nitrogens with two attached hydrogens (primary N) is 1. The van der Waals surface area contributed by atoms with Crippen LogP contribution in [0.2, 0.25) is 0 Å². The van der Waals surface area contributed by atoms with Gasteiger partial charge in [0.25, 0.3) is 5.91 Å². The second-order valence-electron chi connectivity index (χ2n) is 5.53. The van der Waals surface area contributed by atoms with Crippen LogP contribution in [0.3, 0.4) is 0 Å². The number of hydrogen-bond acceptors (Lipinski definition) is 4. The first-order valence-electron chi connectivity index (χ1n) is 7.47. The van der Waals surface area contributed by atoms with E-state index in [1.54, 1.807) is 7.11 Å². The zero-order chi connectivity index (χ0) is 15.2. The number of methoxy groups -OCH3 is 1. The lowest BCUT2D eigenvalue weighted by Crippen LogP contribution is -2.54. The molecular weight excluding hydrogens is 302 g/mol. The Balaban J connectivity index is 0.00000242. The lowest BCUT2D eigenvalue weighted by molar-refractivity contribution is 0.0434. The molecule has 0 bridgehead atoms. The lowest BCUT2D eigenvalue weighted by atomic mass is 10.1. The van der Waals surface area contributed by atoms with Crippen molar-refractivity contribution in [1.82, 2.24) is 9.80 Å². The fraction of sp³-hybridized carbons (Fsp3) is 0.562. The molecule has 2 N–H and O–H groups in total. The Morgan fingerprint density at radius 1 is 1.32 bits per heavy atom. The number of carbonyl (C=O) groups excluding carboxylic acids is 1. The van der Waals surface area contributed by atoms with Gasteiger partial charge in [-0.05, 0) is 24.6 Å². The Morgan fingerprint density at radius 2 is 2.00 bits per heavy atom. The van der Waals surface area contributed by atoms with Gasteiger partial charge in [-0.1, -0.05) is 12.1 Å². The maximum atomic E-state index is 12.5. The van der Waals surface area contributed by atoms with Crippen LogP contribution in [0.25, 0.3) is 0 Å². The van der Waals surface area contributed by atoms with Gasteiger partial charge in [0.05, 0.1) is 6.61 Å². The predicted molar refractivity (Wildman–Crippen MR) is 90.4 cm³/mol. The maximum absolute atomic E-state index is 12.5. The minimum absolute atomic E-state index is 0. The molecule has 0 spiro atoms. The van der Waals surface area contributed by atoms with E-state index in [2.05, 4.69) is 11.8 Å². The molecule has 22 heavy (non-hydrogen) atoms. The van der Waals surface area contributed by atoms with Crippen LogP contribution in [0.4, 0.5) is 0 Å². The molecule has 1 atom stereocenters. The van der Waals surface area contributed by atoms with Gasteiger partial charge in [-0.25, -0.2) is 0 Å². The van der Waals surface area contributed by atoms with Gasteiger partial charge in [-0.3, -0.25) is 9.69 Å². The molecule has 1 unspecified atom stereocenters. The minimum Gasteiger partial charge on any atom is -0.383 e. The van der Waals surface area contributed by atoms with E-state index in [9.17, 15) is 4.79 Å². The summed E-state index contributed by atoms with van der Waals surface area (Å²) in [6, 6.07) is 7.94. The number of nitrogens with zero attached hydrogens (tertiary/aromatic N) is 2. The maximum Gasteiger partial charge on any atom is 0.253 e. The average molecular weight is 328 g/mol. The summed E-state index contributed by atoms with van der Waals surface area (Å²) in [6.07, 6.45) is 0. The highest BCUT2D eigenvalue weighted by Gasteiger charge is 2.26. The first-order chi connectivity index (χ1) is 10.2. The number of carbonyl (C=O) groups is 1. The van der Waals surface area contributed by atoms with Crippen LogP contribution in [-0.2, 0) is 11.3 Å². The van der Waals surface area contributed by atoms with E-state index in [4.69, 9.17) is 10.5 Å². The summed E-state index contributed by atoms with van der Waals surface area (Å²) in [6.45, 7) is 6.75. The van der Waals surface area contributed by atoms with E-state index in [-0.39, 0.29) is 18.3 Å². The topological polar surface area (TPSA) is 58.8 Å².